The summed E-state index contributed by atoms with van der Waals surface area (Å²) in [4.78, 5) is 4.29. The van der Waals surface area contributed by atoms with Crippen molar-refractivity contribution >= 4 is 0 Å². The average Bonchev–Trinajstić information content (AvgIpc) is 2.93. The highest BCUT2D eigenvalue weighted by molar-refractivity contribution is 5.28. The van der Waals surface area contributed by atoms with Crippen LogP contribution in [0.15, 0.2) is 28.8 Å². The number of hydrogen-bond acceptors (Lipinski definition) is 4. The lowest BCUT2D eigenvalue weighted by atomic mass is 9.96. The number of benzene rings is 1. The molecule has 4 nitrogen and oxygen atoms in total. The van der Waals surface area contributed by atoms with Crippen LogP contribution < -0.4 is 5.32 Å². The number of nitrogens with zero attached hydrogens (tertiary/aromatic N) is 2. The maximum Gasteiger partial charge on any atom is 0.416 e. The molecule has 0 fully saturated rings. The van der Waals surface area contributed by atoms with E-state index in [9.17, 15) is 13.2 Å². The van der Waals surface area contributed by atoms with Crippen LogP contribution in [-0.2, 0) is 19.0 Å². The van der Waals surface area contributed by atoms with Crippen LogP contribution >= 0.6 is 0 Å². The molecular weight excluding hydrogens is 307 g/mol. The molecule has 2 atom stereocenters. The Bertz CT molecular complexity index is 639. The third kappa shape index (κ3) is 4.79. The van der Waals surface area contributed by atoms with E-state index in [1.165, 1.54) is 12.1 Å². The zero-order valence-electron chi connectivity index (χ0n) is 13.3. The van der Waals surface area contributed by atoms with E-state index in [0.29, 0.717) is 30.1 Å². The zero-order chi connectivity index (χ0) is 17.0. The van der Waals surface area contributed by atoms with Gasteiger partial charge in [-0.1, -0.05) is 30.3 Å². The van der Waals surface area contributed by atoms with Gasteiger partial charge in [0.15, 0.2) is 5.82 Å². The van der Waals surface area contributed by atoms with Crippen molar-refractivity contribution in [3.63, 3.8) is 0 Å². The first-order valence-corrected chi connectivity index (χ1v) is 7.45. The average molecular weight is 327 g/mol. The van der Waals surface area contributed by atoms with Gasteiger partial charge in [0.25, 0.3) is 0 Å². The fraction of sp³-hybridized carbons (Fsp3) is 0.500. The van der Waals surface area contributed by atoms with Crippen LogP contribution in [0.2, 0.25) is 0 Å². The zero-order valence-corrected chi connectivity index (χ0v) is 13.3. The van der Waals surface area contributed by atoms with E-state index in [4.69, 9.17) is 4.52 Å². The van der Waals surface area contributed by atoms with Gasteiger partial charge in [0.2, 0.25) is 5.89 Å². The van der Waals surface area contributed by atoms with Crippen molar-refractivity contribution in [2.75, 3.05) is 7.05 Å². The summed E-state index contributed by atoms with van der Waals surface area (Å²) in [5, 5.41) is 6.98. The van der Waals surface area contributed by atoms with Crippen molar-refractivity contribution in [1.82, 2.24) is 15.5 Å². The second kappa shape index (κ2) is 7.12. The first-order valence-electron chi connectivity index (χ1n) is 7.45. The quantitative estimate of drug-likeness (QED) is 0.881. The number of hydrogen-bond donors (Lipinski definition) is 1. The van der Waals surface area contributed by atoms with Crippen LogP contribution in [0.25, 0.3) is 0 Å². The second-order valence-corrected chi connectivity index (χ2v) is 5.73. The molecule has 1 aromatic heterocycles. The SMILES string of the molecule is CNC(C)Cc1noc(CC(C)c2cccc(C(F)(F)F)c2)n1. The second-order valence-electron chi connectivity index (χ2n) is 5.73. The Hall–Kier alpha value is -1.89. The van der Waals surface area contributed by atoms with Crippen molar-refractivity contribution in [1.29, 1.82) is 0 Å². The normalized spacial score (nSPS) is 14.7. The van der Waals surface area contributed by atoms with E-state index in [-0.39, 0.29) is 12.0 Å². The lowest BCUT2D eigenvalue weighted by Crippen LogP contribution is -2.24. The Balaban J connectivity index is 2.06. The van der Waals surface area contributed by atoms with Gasteiger partial charge in [0, 0.05) is 18.9 Å². The third-order valence-corrected chi connectivity index (χ3v) is 3.76. The molecular formula is C16H20F3N3O. The molecule has 1 heterocycles. The Morgan fingerprint density at radius 1 is 1.22 bits per heavy atom. The van der Waals surface area contributed by atoms with E-state index in [2.05, 4.69) is 15.5 Å². The lowest BCUT2D eigenvalue weighted by Gasteiger charge is -2.12. The lowest BCUT2D eigenvalue weighted by molar-refractivity contribution is -0.137. The molecule has 2 aromatic rings. The molecule has 0 aliphatic rings. The predicted octanol–water partition coefficient (Wildman–Crippen LogP) is 3.59. The first kappa shape index (κ1) is 17.5. The predicted molar refractivity (Wildman–Crippen MR) is 80.1 cm³/mol. The van der Waals surface area contributed by atoms with Gasteiger partial charge in [-0.2, -0.15) is 18.2 Å². The number of nitrogens with one attached hydrogen (secondary N) is 1. The summed E-state index contributed by atoms with van der Waals surface area (Å²) in [6, 6.07) is 5.56. The van der Waals surface area contributed by atoms with Gasteiger partial charge in [-0.15, -0.1) is 0 Å². The van der Waals surface area contributed by atoms with Crippen molar-refractivity contribution < 1.29 is 17.7 Å². The van der Waals surface area contributed by atoms with Gasteiger partial charge in [0.05, 0.1) is 5.56 Å². The highest BCUT2D eigenvalue weighted by Crippen LogP contribution is 2.31. The number of rotatable bonds is 6. The fourth-order valence-electron chi connectivity index (χ4n) is 2.23. The molecule has 2 unspecified atom stereocenters. The summed E-state index contributed by atoms with van der Waals surface area (Å²) < 4.78 is 43.5. The molecule has 0 bridgehead atoms. The van der Waals surface area contributed by atoms with Crippen LogP contribution in [0.5, 0.6) is 0 Å². The van der Waals surface area contributed by atoms with E-state index < -0.39 is 11.7 Å². The van der Waals surface area contributed by atoms with Crippen LogP contribution in [0.3, 0.4) is 0 Å². The maximum absolute atomic E-state index is 12.8. The van der Waals surface area contributed by atoms with Gasteiger partial charge in [-0.3, -0.25) is 0 Å². The van der Waals surface area contributed by atoms with Gasteiger partial charge in [-0.05, 0) is 31.5 Å². The number of aromatic nitrogens is 2. The number of halogens is 3. The molecule has 0 saturated carbocycles. The van der Waals surface area contributed by atoms with Crippen LogP contribution in [-0.4, -0.2) is 23.2 Å². The van der Waals surface area contributed by atoms with Gasteiger partial charge < -0.3 is 9.84 Å². The van der Waals surface area contributed by atoms with Crippen molar-refractivity contribution in [2.24, 2.45) is 0 Å². The number of alkyl halides is 3. The standard InChI is InChI=1S/C16H20F3N3O/c1-10(12-5-4-6-13(9-12)16(17,18)19)7-15-21-14(22-23-15)8-11(2)20-3/h4-6,9-11,20H,7-8H2,1-3H3. The summed E-state index contributed by atoms with van der Waals surface area (Å²) in [5.41, 5.74) is -0.0425. The Labute approximate surface area is 133 Å². The highest BCUT2D eigenvalue weighted by Gasteiger charge is 2.30. The van der Waals surface area contributed by atoms with Gasteiger partial charge in [0.1, 0.15) is 0 Å². The molecule has 0 spiro atoms. The van der Waals surface area contributed by atoms with E-state index >= 15 is 0 Å². The topological polar surface area (TPSA) is 51.0 Å². The molecule has 1 N–H and O–H groups in total. The summed E-state index contributed by atoms with van der Waals surface area (Å²) >= 11 is 0. The van der Waals surface area contributed by atoms with Gasteiger partial charge in [-0.25, -0.2) is 0 Å². The Morgan fingerprint density at radius 2 is 1.96 bits per heavy atom. The molecule has 0 amide bonds. The monoisotopic (exact) mass is 327 g/mol. The van der Waals surface area contributed by atoms with Crippen molar-refractivity contribution in [2.45, 2.75) is 44.8 Å². The summed E-state index contributed by atoms with van der Waals surface area (Å²) in [5.74, 6) is 0.888. The fourth-order valence-corrected chi connectivity index (χ4v) is 2.23. The molecule has 0 aliphatic carbocycles. The summed E-state index contributed by atoms with van der Waals surface area (Å²) in [6.07, 6.45) is -3.29. The largest absolute Gasteiger partial charge is 0.416 e. The number of likely N-dealkylation sites (N-methyl/N-ethyl adjacent to an activating group) is 1. The highest BCUT2D eigenvalue weighted by atomic mass is 19.4. The molecule has 1 aromatic carbocycles. The van der Waals surface area contributed by atoms with Crippen LogP contribution in [0, 0.1) is 0 Å². The molecule has 2 rings (SSSR count). The first-order chi connectivity index (χ1) is 10.8. The van der Waals surface area contributed by atoms with Crippen LogP contribution in [0.1, 0.15) is 42.6 Å². The minimum Gasteiger partial charge on any atom is -0.339 e. The van der Waals surface area contributed by atoms with E-state index in [1.54, 1.807) is 6.07 Å². The minimum atomic E-state index is -4.34. The molecule has 0 radical (unpaired) electrons. The van der Waals surface area contributed by atoms with Crippen molar-refractivity contribution in [3.8, 4) is 0 Å². The van der Waals surface area contributed by atoms with Gasteiger partial charge >= 0.3 is 6.18 Å². The Morgan fingerprint density at radius 3 is 2.61 bits per heavy atom. The summed E-state index contributed by atoms with van der Waals surface area (Å²) in [6.45, 7) is 3.84. The Kier molecular flexibility index (Phi) is 5.41. The van der Waals surface area contributed by atoms with E-state index in [0.717, 1.165) is 6.07 Å². The minimum absolute atomic E-state index is 0.146. The third-order valence-electron chi connectivity index (χ3n) is 3.76. The molecule has 126 valence electrons. The van der Waals surface area contributed by atoms with Crippen molar-refractivity contribution in [3.05, 3.63) is 47.1 Å². The molecule has 7 heteroatoms. The molecule has 0 saturated heterocycles. The molecule has 0 aliphatic heterocycles. The smallest absolute Gasteiger partial charge is 0.339 e. The van der Waals surface area contributed by atoms with Crippen LogP contribution in [0.4, 0.5) is 13.2 Å². The summed E-state index contributed by atoms with van der Waals surface area (Å²) in [7, 11) is 1.85. The maximum atomic E-state index is 12.8. The molecule has 23 heavy (non-hydrogen) atoms. The van der Waals surface area contributed by atoms with E-state index in [1.807, 2.05) is 20.9 Å².